The van der Waals surface area contributed by atoms with Crippen LogP contribution in [0.4, 0.5) is 11.5 Å². The van der Waals surface area contributed by atoms with Crippen LogP contribution in [0, 0.1) is 5.41 Å². The van der Waals surface area contributed by atoms with Gasteiger partial charge in [0.15, 0.2) is 0 Å². The largest absolute Gasteiger partial charge is 0.423 e. The lowest BCUT2D eigenvalue weighted by Crippen LogP contribution is -2.30. The summed E-state index contributed by atoms with van der Waals surface area (Å²) in [5, 5.41) is 3.31. The number of benzene rings is 1. The van der Waals surface area contributed by atoms with E-state index in [1.54, 1.807) is 12.4 Å². The second-order valence-electron chi connectivity index (χ2n) is 8.55. The van der Waals surface area contributed by atoms with E-state index in [1.165, 1.54) is 24.0 Å². The molecule has 1 spiro atoms. The van der Waals surface area contributed by atoms with Gasteiger partial charge in [0.1, 0.15) is 11.6 Å². The van der Waals surface area contributed by atoms with Gasteiger partial charge < -0.3 is 20.7 Å². The van der Waals surface area contributed by atoms with E-state index in [2.05, 4.69) is 33.4 Å². The average Bonchev–Trinajstić information content (AvgIpc) is 3.34. The Morgan fingerprint density at radius 3 is 2.83 bits per heavy atom. The van der Waals surface area contributed by atoms with Crippen LogP contribution in [-0.2, 0) is 6.42 Å². The minimum atomic E-state index is 0.190. The molecule has 3 heterocycles. The van der Waals surface area contributed by atoms with E-state index >= 15 is 0 Å². The number of anilines is 2. The summed E-state index contributed by atoms with van der Waals surface area (Å²) in [4.78, 5) is 16.2. The molecule has 7 heteroatoms. The molecule has 0 radical (unpaired) electrons. The number of nitrogens with two attached hydrogens (primary N) is 1. The molecule has 7 nitrogen and oxygen atoms in total. The Bertz CT molecular complexity index is 1130. The highest BCUT2D eigenvalue weighted by molar-refractivity contribution is 5.88. The minimum Gasteiger partial charge on any atom is -0.423 e. The maximum atomic E-state index is 6.52. The number of nitrogens with one attached hydrogen (secondary N) is 1. The van der Waals surface area contributed by atoms with Crippen LogP contribution < -0.4 is 20.7 Å². The Hall–Kier alpha value is -3.19. The number of hydrogen-bond acceptors (Lipinski definition) is 7. The Morgan fingerprint density at radius 1 is 1.20 bits per heavy atom. The fraction of sp³-hybridized carbons (Fsp3) is 0.348. The fourth-order valence-electron chi connectivity index (χ4n) is 4.92. The molecule has 1 saturated carbocycles. The Morgan fingerprint density at radius 2 is 2.10 bits per heavy atom. The van der Waals surface area contributed by atoms with E-state index in [1.807, 2.05) is 19.2 Å². The third kappa shape index (κ3) is 2.65. The van der Waals surface area contributed by atoms with Crippen LogP contribution in [0.2, 0.25) is 0 Å². The van der Waals surface area contributed by atoms with Gasteiger partial charge in [0.25, 0.3) is 0 Å². The molecule has 2 fully saturated rings. The third-order valence-electron chi connectivity index (χ3n) is 6.75. The molecule has 30 heavy (non-hydrogen) atoms. The lowest BCUT2D eigenvalue weighted by Gasteiger charge is -2.21. The first kappa shape index (κ1) is 17.7. The summed E-state index contributed by atoms with van der Waals surface area (Å²) in [5.41, 5.74) is 12.5. The van der Waals surface area contributed by atoms with Crippen LogP contribution in [0.1, 0.15) is 24.1 Å². The summed E-state index contributed by atoms with van der Waals surface area (Å²) in [7, 11) is 1.96. The van der Waals surface area contributed by atoms with Crippen molar-refractivity contribution in [1.29, 1.82) is 0 Å². The molecule has 3 aromatic rings. The molecular formula is C23H24N6O. The molecule has 6 rings (SSSR count). The van der Waals surface area contributed by atoms with Gasteiger partial charge in [-0.3, -0.25) is 4.98 Å². The molecule has 0 bridgehead atoms. The predicted octanol–water partition coefficient (Wildman–Crippen LogP) is 3.20. The smallest absolute Gasteiger partial charge is 0.324 e. The summed E-state index contributed by atoms with van der Waals surface area (Å²) >= 11 is 0. The van der Waals surface area contributed by atoms with Crippen molar-refractivity contribution in [2.45, 2.75) is 25.3 Å². The number of nitrogens with zero attached hydrogens (tertiary/aromatic N) is 4. The van der Waals surface area contributed by atoms with E-state index in [0.717, 1.165) is 42.3 Å². The molecule has 2 aliphatic carbocycles. The zero-order valence-corrected chi connectivity index (χ0v) is 16.9. The number of hydrogen-bond donors (Lipinski definition) is 2. The van der Waals surface area contributed by atoms with E-state index in [-0.39, 0.29) is 11.5 Å². The first-order valence-corrected chi connectivity index (χ1v) is 10.5. The maximum Gasteiger partial charge on any atom is 0.324 e. The monoisotopic (exact) mass is 400 g/mol. The van der Waals surface area contributed by atoms with E-state index < -0.39 is 0 Å². The molecule has 3 N–H and O–H groups in total. The third-order valence-corrected chi connectivity index (χ3v) is 6.75. The van der Waals surface area contributed by atoms with Crippen molar-refractivity contribution in [2.24, 2.45) is 11.1 Å². The average molecular weight is 400 g/mol. The second kappa shape index (κ2) is 6.40. The van der Waals surface area contributed by atoms with E-state index in [0.29, 0.717) is 11.8 Å². The molecular weight excluding hydrogens is 376 g/mol. The van der Waals surface area contributed by atoms with Crippen molar-refractivity contribution in [2.75, 3.05) is 30.4 Å². The number of pyridine rings is 1. The van der Waals surface area contributed by atoms with Crippen molar-refractivity contribution < 1.29 is 4.74 Å². The Kier molecular flexibility index (Phi) is 3.77. The number of fused-ring (bicyclic) bond motifs is 3. The van der Waals surface area contributed by atoms with Crippen LogP contribution in [0.25, 0.3) is 11.1 Å². The van der Waals surface area contributed by atoms with Gasteiger partial charge in [-0.2, -0.15) is 9.97 Å². The van der Waals surface area contributed by atoms with Crippen LogP contribution >= 0.6 is 0 Å². The second-order valence-corrected chi connectivity index (χ2v) is 8.55. The summed E-state index contributed by atoms with van der Waals surface area (Å²) in [5.74, 6) is 1.57. The van der Waals surface area contributed by atoms with E-state index in [4.69, 9.17) is 20.4 Å². The van der Waals surface area contributed by atoms with Crippen molar-refractivity contribution in [3.8, 4) is 22.9 Å². The molecule has 1 aromatic carbocycles. The number of aromatic nitrogens is 3. The molecule has 2 aromatic heterocycles. The fourth-order valence-corrected chi connectivity index (χ4v) is 4.92. The molecule has 0 unspecified atom stereocenters. The predicted molar refractivity (Wildman–Crippen MR) is 116 cm³/mol. The van der Waals surface area contributed by atoms with Crippen molar-refractivity contribution in [3.63, 3.8) is 0 Å². The highest BCUT2D eigenvalue weighted by Crippen LogP contribution is 2.54. The first-order chi connectivity index (χ1) is 14.7. The van der Waals surface area contributed by atoms with Gasteiger partial charge in [-0.15, -0.1) is 0 Å². The lowest BCUT2D eigenvalue weighted by atomic mass is 10.0. The molecule has 1 aliphatic heterocycles. The highest BCUT2D eigenvalue weighted by Gasteiger charge is 2.54. The first-order valence-electron chi connectivity index (χ1n) is 10.5. The van der Waals surface area contributed by atoms with Crippen LogP contribution in [0.3, 0.4) is 0 Å². The normalized spacial score (nSPS) is 20.2. The number of rotatable bonds is 4. The topological polar surface area (TPSA) is 89.2 Å². The standard InChI is InChI=1S/C23H24N6O/c1-25-17-6-2-5-15-16(17)10-18-20(15)21(29-12-19(24)23(13-29)7-8-23)28-22(27-18)30-14-4-3-9-26-11-14/h2-6,9,11,19,25H,7-8,10,12-13,24H2,1H3/t19-/m0/s1. The molecule has 1 atom stereocenters. The lowest BCUT2D eigenvalue weighted by molar-refractivity contribution is 0.438. The van der Waals surface area contributed by atoms with Gasteiger partial charge in [0, 0.05) is 55.5 Å². The maximum absolute atomic E-state index is 6.52. The van der Waals surface area contributed by atoms with Crippen LogP contribution in [-0.4, -0.2) is 41.1 Å². The number of ether oxygens (including phenoxy) is 1. The quantitative estimate of drug-likeness (QED) is 0.544. The molecule has 3 aliphatic rings. The van der Waals surface area contributed by atoms with Gasteiger partial charge in [0.05, 0.1) is 11.9 Å². The summed E-state index contributed by atoms with van der Waals surface area (Å²) in [6, 6.07) is 10.6. The molecule has 152 valence electrons. The van der Waals surface area contributed by atoms with Crippen LogP contribution in [0.15, 0.2) is 42.7 Å². The SMILES string of the molecule is CNc1cccc2c1Cc1nc(Oc3cccnc3)nc(N3C[C@H](N)C4(CC4)C3)c1-2. The minimum absolute atomic E-state index is 0.190. The van der Waals surface area contributed by atoms with Gasteiger partial charge >= 0.3 is 6.01 Å². The van der Waals surface area contributed by atoms with Crippen molar-refractivity contribution >= 4 is 11.5 Å². The van der Waals surface area contributed by atoms with Crippen molar-refractivity contribution in [1.82, 2.24) is 15.0 Å². The van der Waals surface area contributed by atoms with Gasteiger partial charge in [-0.05, 0) is 42.2 Å². The molecule has 1 saturated heterocycles. The van der Waals surface area contributed by atoms with Crippen LogP contribution in [0.5, 0.6) is 11.8 Å². The Labute approximate surface area is 175 Å². The van der Waals surface area contributed by atoms with Gasteiger partial charge in [-0.25, -0.2) is 0 Å². The summed E-state index contributed by atoms with van der Waals surface area (Å²) < 4.78 is 6.00. The highest BCUT2D eigenvalue weighted by atomic mass is 16.5. The van der Waals surface area contributed by atoms with Gasteiger partial charge in [-0.1, -0.05) is 12.1 Å². The summed E-state index contributed by atoms with van der Waals surface area (Å²) in [6.45, 7) is 1.77. The zero-order chi connectivity index (χ0) is 20.3. The van der Waals surface area contributed by atoms with Crippen molar-refractivity contribution in [3.05, 3.63) is 54.0 Å². The van der Waals surface area contributed by atoms with Gasteiger partial charge in [0.2, 0.25) is 0 Å². The Balaban J connectivity index is 1.47. The summed E-state index contributed by atoms with van der Waals surface area (Å²) in [6.07, 6.45) is 6.56. The molecule has 0 amide bonds. The van der Waals surface area contributed by atoms with E-state index in [9.17, 15) is 0 Å². The zero-order valence-electron chi connectivity index (χ0n) is 16.9.